The van der Waals surface area contributed by atoms with Gasteiger partial charge >= 0.3 is 0 Å². The molecule has 0 aromatic carbocycles. The summed E-state index contributed by atoms with van der Waals surface area (Å²) in [5.74, 6) is -0.660. The second-order valence-corrected chi connectivity index (χ2v) is 8.18. The Bertz CT molecular complexity index is 1060. The Kier molecular flexibility index (Phi) is 6.60. The highest BCUT2D eigenvalue weighted by atomic mass is 32.2. The minimum atomic E-state index is -0.833. The number of carbonyl (C=O) groups is 2. The normalized spacial score (nSPS) is 19.3. The van der Waals surface area contributed by atoms with Gasteiger partial charge < -0.3 is 24.7 Å². The Hall–Kier alpha value is -3.08. The number of aromatic hydroxyl groups is 1. The van der Waals surface area contributed by atoms with Gasteiger partial charge in [-0.05, 0) is 18.4 Å². The van der Waals surface area contributed by atoms with Gasteiger partial charge in [0, 0.05) is 44.2 Å². The maximum absolute atomic E-state index is 12.6. The molecule has 0 spiro atoms. The van der Waals surface area contributed by atoms with Crippen LogP contribution >= 0.6 is 11.8 Å². The third-order valence-electron chi connectivity index (χ3n) is 4.87. The van der Waals surface area contributed by atoms with Crippen molar-refractivity contribution in [3.63, 3.8) is 0 Å². The van der Waals surface area contributed by atoms with Crippen molar-refractivity contribution in [2.75, 3.05) is 18.8 Å². The molecule has 4 rings (SSSR count). The van der Waals surface area contributed by atoms with Gasteiger partial charge in [0.2, 0.25) is 11.8 Å². The highest BCUT2D eigenvalue weighted by molar-refractivity contribution is 7.99. The molecule has 2 atom stereocenters. The van der Waals surface area contributed by atoms with E-state index in [1.807, 2.05) is 15.5 Å². The molecule has 0 unspecified atom stereocenters. The molecule has 2 aliphatic heterocycles. The van der Waals surface area contributed by atoms with Crippen molar-refractivity contribution in [2.24, 2.45) is 5.92 Å². The molecule has 10 nitrogen and oxygen atoms in total. The average Bonchev–Trinajstić information content (AvgIpc) is 2.66. The zero-order chi connectivity index (χ0) is 21.8. The van der Waals surface area contributed by atoms with Gasteiger partial charge in [0.05, 0.1) is 11.8 Å². The molecule has 2 bridgehead atoms. The number of aliphatic carboxylic acids is 1. The molecule has 11 heteroatoms. The van der Waals surface area contributed by atoms with E-state index in [4.69, 9.17) is 9.90 Å². The third-order valence-corrected chi connectivity index (χ3v) is 5.73. The van der Waals surface area contributed by atoms with Crippen molar-refractivity contribution in [1.29, 1.82) is 0 Å². The number of rotatable bonds is 3. The molecule has 3 N–H and O–H groups in total. The second-order valence-electron chi connectivity index (χ2n) is 7.21. The van der Waals surface area contributed by atoms with Crippen LogP contribution in [0.2, 0.25) is 0 Å². The first kappa shape index (κ1) is 21.6. The van der Waals surface area contributed by atoms with Crippen molar-refractivity contribution < 1.29 is 19.8 Å². The number of carboxylic acids is 1. The molecule has 2 aliphatic rings. The molecule has 1 fully saturated rings. The number of amides is 1. The van der Waals surface area contributed by atoms with Gasteiger partial charge in [-0.25, -0.2) is 0 Å². The number of nitrogens with zero attached hydrogens (tertiary/aromatic N) is 3. The Balaban J connectivity index is 0.000000589. The summed E-state index contributed by atoms with van der Waals surface area (Å²) in [5, 5.41) is 17.0. The lowest BCUT2D eigenvalue weighted by atomic mass is 9.83. The number of fused-ring (bicyclic) bond motifs is 4. The van der Waals surface area contributed by atoms with Gasteiger partial charge in [0.1, 0.15) is 0 Å². The Morgan fingerprint density at radius 2 is 2.00 bits per heavy atom. The maximum Gasteiger partial charge on any atom is 0.300 e. The fourth-order valence-corrected chi connectivity index (χ4v) is 4.59. The minimum absolute atomic E-state index is 0.0199. The standard InChI is InChI=1S/C17H18N4O4S.C2H4O2/c22-13-5-14(23)19-17(18-13)26-9-16(25)20-6-10-4-11(8-20)12-2-1-3-15(24)21(12)7-10;1-2(3)4/h1-3,5,10-11H,4,6-9H2,(H2,18,19,22,23);1H3,(H,3,4)/t10-,11+;/m0./s1. The molecule has 1 saturated heterocycles. The molecular formula is C19H22N4O6S. The van der Waals surface area contributed by atoms with Crippen LogP contribution in [0.25, 0.3) is 0 Å². The third kappa shape index (κ3) is 5.29. The molecule has 2 aromatic rings. The summed E-state index contributed by atoms with van der Waals surface area (Å²) in [6.45, 7) is 2.94. The topological polar surface area (TPSA) is 146 Å². The van der Waals surface area contributed by atoms with Crippen LogP contribution in [0.5, 0.6) is 5.88 Å². The summed E-state index contributed by atoms with van der Waals surface area (Å²) in [5.41, 5.74) is 0.561. The summed E-state index contributed by atoms with van der Waals surface area (Å²) < 4.78 is 1.83. The highest BCUT2D eigenvalue weighted by Crippen LogP contribution is 2.35. The first-order valence-corrected chi connectivity index (χ1v) is 10.3. The number of hydrogen-bond acceptors (Lipinski definition) is 7. The Morgan fingerprint density at radius 1 is 1.27 bits per heavy atom. The van der Waals surface area contributed by atoms with Crippen molar-refractivity contribution in [3.05, 3.63) is 50.7 Å². The lowest BCUT2D eigenvalue weighted by molar-refractivity contribution is -0.134. The molecule has 1 amide bonds. The lowest BCUT2D eigenvalue weighted by Gasteiger charge is -2.42. The maximum atomic E-state index is 12.6. The Labute approximate surface area is 175 Å². The zero-order valence-electron chi connectivity index (χ0n) is 16.3. The molecule has 160 valence electrons. The summed E-state index contributed by atoms with van der Waals surface area (Å²) in [6, 6.07) is 6.30. The van der Waals surface area contributed by atoms with E-state index in [9.17, 15) is 19.5 Å². The van der Waals surface area contributed by atoms with Crippen LogP contribution in [0.15, 0.2) is 39.0 Å². The van der Waals surface area contributed by atoms with Gasteiger partial charge in [-0.1, -0.05) is 17.8 Å². The van der Waals surface area contributed by atoms with E-state index < -0.39 is 11.5 Å². The quantitative estimate of drug-likeness (QED) is 0.467. The summed E-state index contributed by atoms with van der Waals surface area (Å²) >= 11 is 1.09. The number of carbonyl (C=O) groups excluding carboxylic acids is 1. The smallest absolute Gasteiger partial charge is 0.300 e. The molecule has 0 aliphatic carbocycles. The Morgan fingerprint density at radius 3 is 2.70 bits per heavy atom. The van der Waals surface area contributed by atoms with E-state index in [2.05, 4.69) is 9.97 Å². The largest absolute Gasteiger partial charge is 0.493 e. The molecule has 0 saturated carbocycles. The number of nitrogens with one attached hydrogen (secondary N) is 1. The van der Waals surface area contributed by atoms with Gasteiger partial charge in [0.25, 0.3) is 17.1 Å². The van der Waals surface area contributed by atoms with Gasteiger partial charge in [-0.15, -0.1) is 0 Å². The van der Waals surface area contributed by atoms with Crippen LogP contribution in [0.3, 0.4) is 0 Å². The highest BCUT2D eigenvalue weighted by Gasteiger charge is 2.36. The van der Waals surface area contributed by atoms with Crippen LogP contribution in [-0.2, 0) is 16.1 Å². The monoisotopic (exact) mass is 434 g/mol. The van der Waals surface area contributed by atoms with Crippen LogP contribution in [0.4, 0.5) is 0 Å². The lowest BCUT2D eigenvalue weighted by Crippen LogP contribution is -2.49. The van der Waals surface area contributed by atoms with E-state index >= 15 is 0 Å². The predicted molar refractivity (Wildman–Crippen MR) is 109 cm³/mol. The summed E-state index contributed by atoms with van der Waals surface area (Å²) in [7, 11) is 0. The van der Waals surface area contributed by atoms with Gasteiger partial charge in [0.15, 0.2) is 5.16 Å². The number of carboxylic acid groups (broad SMARTS) is 1. The van der Waals surface area contributed by atoms with Gasteiger partial charge in [-0.3, -0.25) is 19.2 Å². The fourth-order valence-electron chi connectivity index (χ4n) is 3.81. The summed E-state index contributed by atoms with van der Waals surface area (Å²) in [6.07, 6.45) is 0.988. The molecular weight excluding hydrogens is 412 g/mol. The van der Waals surface area contributed by atoms with Gasteiger partial charge in [-0.2, -0.15) is 4.98 Å². The first-order chi connectivity index (χ1) is 14.2. The predicted octanol–water partition coefficient (Wildman–Crippen LogP) is 0.466. The fraction of sp³-hybridized carbons (Fsp3) is 0.421. The van der Waals surface area contributed by atoms with E-state index in [0.29, 0.717) is 19.6 Å². The molecule has 0 radical (unpaired) electrons. The van der Waals surface area contributed by atoms with Crippen molar-refractivity contribution in [1.82, 2.24) is 19.4 Å². The number of hydrogen-bond donors (Lipinski definition) is 3. The molecule has 2 aromatic heterocycles. The van der Waals surface area contributed by atoms with E-state index in [0.717, 1.165) is 36.9 Å². The number of aromatic nitrogens is 3. The zero-order valence-corrected chi connectivity index (χ0v) is 17.1. The van der Waals surface area contributed by atoms with Crippen LogP contribution in [-0.4, -0.2) is 60.4 Å². The first-order valence-electron chi connectivity index (χ1n) is 9.33. The number of likely N-dealkylation sites (tertiary alicyclic amines) is 1. The number of aromatic amines is 1. The average molecular weight is 434 g/mol. The molecule has 30 heavy (non-hydrogen) atoms. The SMILES string of the molecule is CC(=O)O.O=C(CSc1nc(O)cc(=O)[nH]1)N1C[C@@H]2C[C@H](C1)c1cccc(=O)n1C2. The van der Waals surface area contributed by atoms with Crippen molar-refractivity contribution >= 4 is 23.6 Å². The van der Waals surface area contributed by atoms with Crippen LogP contribution in [0.1, 0.15) is 25.0 Å². The number of H-pyrrole nitrogens is 1. The van der Waals surface area contributed by atoms with E-state index in [-0.39, 0.29) is 40.1 Å². The van der Waals surface area contributed by atoms with E-state index in [1.54, 1.807) is 12.1 Å². The number of thioether (sulfide) groups is 1. The molecule has 4 heterocycles. The van der Waals surface area contributed by atoms with E-state index in [1.165, 1.54) is 0 Å². The second kappa shape index (κ2) is 9.16. The summed E-state index contributed by atoms with van der Waals surface area (Å²) in [4.78, 5) is 53.1. The number of piperidine rings is 1. The minimum Gasteiger partial charge on any atom is -0.493 e. The van der Waals surface area contributed by atoms with Crippen LogP contribution in [0, 0.1) is 5.92 Å². The van der Waals surface area contributed by atoms with Crippen molar-refractivity contribution in [2.45, 2.75) is 31.0 Å². The number of pyridine rings is 1. The van der Waals surface area contributed by atoms with Crippen molar-refractivity contribution in [3.8, 4) is 5.88 Å². The van der Waals surface area contributed by atoms with Crippen LogP contribution < -0.4 is 11.1 Å².